The SMILES string of the molecule is CN(C)c1ncc(-c2ccccc2F)c([C@H]2CCCN(C(=O)c3ccc(-n4cccn4)nc3)C2)n1. The van der Waals surface area contributed by atoms with Crippen LogP contribution in [-0.4, -0.2) is 62.7 Å². The van der Waals surface area contributed by atoms with Gasteiger partial charge in [-0.25, -0.2) is 24.0 Å². The number of amides is 1. The van der Waals surface area contributed by atoms with Crippen LogP contribution in [0.1, 0.15) is 34.8 Å². The monoisotopic (exact) mass is 471 g/mol. The molecule has 1 fully saturated rings. The van der Waals surface area contributed by atoms with Crippen molar-refractivity contribution in [3.8, 4) is 16.9 Å². The van der Waals surface area contributed by atoms with Crippen molar-refractivity contribution in [3.05, 3.63) is 84.3 Å². The van der Waals surface area contributed by atoms with Gasteiger partial charge in [-0.1, -0.05) is 18.2 Å². The molecule has 1 amide bonds. The first kappa shape index (κ1) is 22.6. The number of rotatable bonds is 5. The van der Waals surface area contributed by atoms with Crippen molar-refractivity contribution in [2.24, 2.45) is 0 Å². The second-order valence-electron chi connectivity index (χ2n) is 8.79. The molecule has 1 aliphatic rings. The van der Waals surface area contributed by atoms with Crippen LogP contribution in [-0.2, 0) is 0 Å². The van der Waals surface area contributed by atoms with Crippen LogP contribution in [0.15, 0.2) is 67.3 Å². The third-order valence-electron chi connectivity index (χ3n) is 6.20. The molecule has 4 heterocycles. The summed E-state index contributed by atoms with van der Waals surface area (Å²) in [5, 5.41) is 4.17. The van der Waals surface area contributed by atoms with E-state index in [2.05, 4.69) is 15.1 Å². The van der Waals surface area contributed by atoms with Crippen LogP contribution >= 0.6 is 0 Å². The van der Waals surface area contributed by atoms with Crippen LogP contribution in [0.2, 0.25) is 0 Å². The Morgan fingerprint density at radius 1 is 1.06 bits per heavy atom. The van der Waals surface area contributed by atoms with Crippen molar-refractivity contribution >= 4 is 11.9 Å². The summed E-state index contributed by atoms with van der Waals surface area (Å²) in [4.78, 5) is 30.6. The molecule has 0 saturated carbocycles. The number of anilines is 1. The molecule has 1 aromatic carbocycles. The van der Waals surface area contributed by atoms with E-state index in [0.717, 1.165) is 18.5 Å². The van der Waals surface area contributed by atoms with E-state index in [1.54, 1.807) is 59.8 Å². The largest absolute Gasteiger partial charge is 0.347 e. The van der Waals surface area contributed by atoms with E-state index >= 15 is 0 Å². The van der Waals surface area contributed by atoms with Gasteiger partial charge in [-0.3, -0.25) is 4.79 Å². The summed E-state index contributed by atoms with van der Waals surface area (Å²) in [5.74, 6) is 0.766. The topological polar surface area (TPSA) is 80.0 Å². The highest BCUT2D eigenvalue weighted by Crippen LogP contribution is 2.35. The Balaban J connectivity index is 1.43. The fraction of sp³-hybridized carbons (Fsp3) is 0.269. The van der Waals surface area contributed by atoms with Crippen molar-refractivity contribution in [2.75, 3.05) is 32.1 Å². The molecule has 9 heteroatoms. The standard InChI is InChI=1S/C26H26FN7O/c1-32(2)26-29-16-21(20-8-3-4-9-22(20)27)24(31-26)19-7-5-13-33(17-19)25(35)18-10-11-23(28-15-18)34-14-6-12-30-34/h3-4,6,8-12,14-16,19H,5,7,13,17H2,1-2H3/t19-/m0/s1. The predicted molar refractivity (Wildman–Crippen MR) is 131 cm³/mol. The number of hydrogen-bond acceptors (Lipinski definition) is 6. The number of piperidine rings is 1. The summed E-state index contributed by atoms with van der Waals surface area (Å²) in [6.07, 6.45) is 8.44. The van der Waals surface area contributed by atoms with Gasteiger partial charge in [0.05, 0.1) is 11.3 Å². The van der Waals surface area contributed by atoms with Gasteiger partial charge in [-0.05, 0) is 37.1 Å². The minimum Gasteiger partial charge on any atom is -0.347 e. The molecule has 1 saturated heterocycles. The average molecular weight is 472 g/mol. The van der Waals surface area contributed by atoms with E-state index in [1.165, 1.54) is 6.07 Å². The first-order valence-corrected chi connectivity index (χ1v) is 11.6. The van der Waals surface area contributed by atoms with Gasteiger partial charge < -0.3 is 9.80 Å². The molecule has 0 bridgehead atoms. The summed E-state index contributed by atoms with van der Waals surface area (Å²) in [6, 6.07) is 12.0. The molecule has 178 valence electrons. The number of carbonyl (C=O) groups excluding carboxylic acids is 1. The zero-order valence-corrected chi connectivity index (χ0v) is 19.7. The van der Waals surface area contributed by atoms with Gasteiger partial charge in [-0.15, -0.1) is 0 Å². The molecule has 8 nitrogen and oxygen atoms in total. The maximum Gasteiger partial charge on any atom is 0.255 e. The number of likely N-dealkylation sites (tertiary alicyclic amines) is 1. The lowest BCUT2D eigenvalue weighted by Crippen LogP contribution is -2.39. The fourth-order valence-corrected chi connectivity index (χ4v) is 4.42. The van der Waals surface area contributed by atoms with Crippen molar-refractivity contribution in [1.29, 1.82) is 0 Å². The first-order chi connectivity index (χ1) is 17.0. The van der Waals surface area contributed by atoms with Crippen LogP contribution in [0.4, 0.5) is 10.3 Å². The smallest absolute Gasteiger partial charge is 0.255 e. The summed E-state index contributed by atoms with van der Waals surface area (Å²) in [5.41, 5.74) is 2.42. The van der Waals surface area contributed by atoms with Gasteiger partial charge in [0, 0.05) is 69.0 Å². The molecule has 3 aromatic heterocycles. The molecule has 0 N–H and O–H groups in total. The zero-order valence-electron chi connectivity index (χ0n) is 19.7. The van der Waals surface area contributed by atoms with E-state index in [0.29, 0.717) is 41.5 Å². The third-order valence-corrected chi connectivity index (χ3v) is 6.20. The lowest BCUT2D eigenvalue weighted by Gasteiger charge is -2.33. The number of aromatic nitrogens is 5. The second kappa shape index (κ2) is 9.61. The van der Waals surface area contributed by atoms with Gasteiger partial charge in [0.15, 0.2) is 5.82 Å². The summed E-state index contributed by atoms with van der Waals surface area (Å²) < 4.78 is 16.3. The molecular weight excluding hydrogens is 445 g/mol. The van der Waals surface area contributed by atoms with Crippen LogP contribution in [0.25, 0.3) is 16.9 Å². The fourth-order valence-electron chi connectivity index (χ4n) is 4.42. The summed E-state index contributed by atoms with van der Waals surface area (Å²) in [6.45, 7) is 1.14. The van der Waals surface area contributed by atoms with Crippen LogP contribution in [0.5, 0.6) is 0 Å². The highest BCUT2D eigenvalue weighted by atomic mass is 19.1. The molecule has 0 aliphatic carbocycles. The molecule has 0 spiro atoms. The van der Waals surface area contributed by atoms with Gasteiger partial charge in [-0.2, -0.15) is 5.10 Å². The molecule has 0 radical (unpaired) electrons. The second-order valence-corrected chi connectivity index (χ2v) is 8.79. The normalized spacial score (nSPS) is 15.7. The summed E-state index contributed by atoms with van der Waals surface area (Å²) >= 11 is 0. The molecule has 4 aromatic rings. The Kier molecular flexibility index (Phi) is 6.22. The highest BCUT2D eigenvalue weighted by Gasteiger charge is 2.29. The number of benzene rings is 1. The molecule has 1 aliphatic heterocycles. The third kappa shape index (κ3) is 4.62. The lowest BCUT2D eigenvalue weighted by molar-refractivity contribution is 0.0705. The maximum atomic E-state index is 14.7. The minimum absolute atomic E-state index is 0.0414. The Bertz CT molecular complexity index is 1320. The van der Waals surface area contributed by atoms with E-state index in [4.69, 9.17) is 4.98 Å². The van der Waals surface area contributed by atoms with Crippen molar-refractivity contribution < 1.29 is 9.18 Å². The van der Waals surface area contributed by atoms with E-state index in [9.17, 15) is 9.18 Å². The van der Waals surface area contributed by atoms with Crippen molar-refractivity contribution in [1.82, 2.24) is 29.6 Å². The molecular formula is C26H26FN7O. The Labute approximate surface area is 203 Å². The van der Waals surface area contributed by atoms with E-state index in [1.807, 2.05) is 30.0 Å². The Hall–Kier alpha value is -4.14. The van der Waals surface area contributed by atoms with Crippen LogP contribution < -0.4 is 4.90 Å². The highest BCUT2D eigenvalue weighted by molar-refractivity contribution is 5.94. The average Bonchev–Trinajstić information content (AvgIpc) is 3.44. The van der Waals surface area contributed by atoms with Gasteiger partial charge >= 0.3 is 0 Å². The van der Waals surface area contributed by atoms with E-state index < -0.39 is 0 Å². The molecule has 1 atom stereocenters. The quantitative estimate of drug-likeness (QED) is 0.439. The molecule has 0 unspecified atom stereocenters. The van der Waals surface area contributed by atoms with Crippen LogP contribution in [0, 0.1) is 5.82 Å². The number of carbonyl (C=O) groups is 1. The van der Waals surface area contributed by atoms with Gasteiger partial charge in [0.1, 0.15) is 5.82 Å². The van der Waals surface area contributed by atoms with E-state index in [-0.39, 0.29) is 17.6 Å². The molecule has 35 heavy (non-hydrogen) atoms. The van der Waals surface area contributed by atoms with Crippen LogP contribution in [0.3, 0.4) is 0 Å². The van der Waals surface area contributed by atoms with Crippen molar-refractivity contribution in [2.45, 2.75) is 18.8 Å². The number of halogens is 1. The number of hydrogen-bond donors (Lipinski definition) is 0. The van der Waals surface area contributed by atoms with Gasteiger partial charge in [0.25, 0.3) is 5.91 Å². The first-order valence-electron chi connectivity index (χ1n) is 11.6. The molecule has 5 rings (SSSR count). The Morgan fingerprint density at radius 2 is 1.91 bits per heavy atom. The number of nitrogens with zero attached hydrogens (tertiary/aromatic N) is 7. The Morgan fingerprint density at radius 3 is 2.63 bits per heavy atom. The number of pyridine rings is 1. The maximum absolute atomic E-state index is 14.7. The zero-order chi connectivity index (χ0) is 24.4. The lowest BCUT2D eigenvalue weighted by atomic mass is 9.89. The predicted octanol–water partition coefficient (Wildman–Crippen LogP) is 3.95. The summed E-state index contributed by atoms with van der Waals surface area (Å²) in [7, 11) is 3.75. The van der Waals surface area contributed by atoms with Crippen molar-refractivity contribution in [3.63, 3.8) is 0 Å². The van der Waals surface area contributed by atoms with Gasteiger partial charge in [0.2, 0.25) is 5.95 Å². The minimum atomic E-state index is -0.318.